The molecule has 25 heavy (non-hydrogen) atoms. The Morgan fingerprint density at radius 1 is 1.16 bits per heavy atom. The van der Waals surface area contributed by atoms with Gasteiger partial charge in [0.1, 0.15) is 5.82 Å². The summed E-state index contributed by atoms with van der Waals surface area (Å²) in [4.78, 5) is 23.5. The maximum atomic E-state index is 13.6. The molecule has 0 bridgehead atoms. The molecule has 0 heterocycles. The molecule has 9 heteroatoms. The lowest BCUT2D eigenvalue weighted by atomic mass is 10.1. The first kappa shape index (κ1) is 20.9. The van der Waals surface area contributed by atoms with Crippen molar-refractivity contribution in [3.8, 4) is 0 Å². The van der Waals surface area contributed by atoms with E-state index in [-0.39, 0.29) is 25.0 Å². The van der Waals surface area contributed by atoms with Crippen molar-refractivity contribution >= 4 is 11.9 Å². The van der Waals surface area contributed by atoms with Gasteiger partial charge in [-0.25, -0.2) is 9.18 Å². The summed E-state index contributed by atoms with van der Waals surface area (Å²) in [6.45, 7) is 1.98. The number of amides is 1. The summed E-state index contributed by atoms with van der Waals surface area (Å²) in [7, 11) is 0. The molecule has 0 aliphatic heterocycles. The average Bonchev–Trinajstić information content (AvgIpc) is 2.54. The first-order valence-electron chi connectivity index (χ1n) is 7.71. The maximum Gasteiger partial charge on any atom is 0.436 e. The molecule has 2 N–H and O–H groups in total. The number of hydrogen-bond donors (Lipinski definition) is 2. The molecule has 0 fully saturated rings. The molecular formula is C16H20F4N2O3. The monoisotopic (exact) mass is 364 g/mol. The predicted octanol–water partition coefficient (Wildman–Crippen LogP) is 2.31. The van der Waals surface area contributed by atoms with E-state index < -0.39 is 36.1 Å². The summed E-state index contributed by atoms with van der Waals surface area (Å²) in [6.07, 6.45) is -5.53. The third-order valence-corrected chi connectivity index (χ3v) is 3.40. The molecule has 5 nitrogen and oxygen atoms in total. The van der Waals surface area contributed by atoms with Crippen LogP contribution in [0.25, 0.3) is 0 Å². The van der Waals surface area contributed by atoms with Crippen LogP contribution in [0.3, 0.4) is 0 Å². The number of esters is 1. The lowest BCUT2D eigenvalue weighted by Gasteiger charge is -2.34. The molecule has 0 unspecified atom stereocenters. The number of carbonyl (C=O) groups excluding carboxylic acids is 2. The van der Waals surface area contributed by atoms with Crippen molar-refractivity contribution in [1.82, 2.24) is 10.6 Å². The zero-order chi connectivity index (χ0) is 19.1. The van der Waals surface area contributed by atoms with Crippen LogP contribution in [-0.2, 0) is 20.7 Å². The second-order valence-corrected chi connectivity index (χ2v) is 5.14. The molecule has 1 aromatic rings. The van der Waals surface area contributed by atoms with Crippen LogP contribution in [0.5, 0.6) is 0 Å². The zero-order valence-corrected chi connectivity index (χ0v) is 13.9. The Kier molecular flexibility index (Phi) is 7.35. The molecule has 140 valence electrons. The molecular weight excluding hydrogens is 344 g/mol. The van der Waals surface area contributed by atoms with Crippen molar-refractivity contribution in [3.05, 3.63) is 35.6 Å². The molecule has 1 amide bonds. The van der Waals surface area contributed by atoms with Gasteiger partial charge in [-0.1, -0.05) is 25.1 Å². The fourth-order valence-corrected chi connectivity index (χ4v) is 2.08. The lowest BCUT2D eigenvalue weighted by molar-refractivity contribution is -0.221. The SMILES string of the molecule is CCOC(=O)[C@](NCCc1ccccc1F)(NC(=O)CC)C(F)(F)F. The molecule has 0 aliphatic rings. The summed E-state index contributed by atoms with van der Waals surface area (Å²) in [6, 6.07) is 5.59. The normalized spacial score (nSPS) is 13.8. The van der Waals surface area contributed by atoms with E-state index in [1.54, 1.807) is 11.4 Å². The molecule has 0 saturated carbocycles. The van der Waals surface area contributed by atoms with Gasteiger partial charge in [-0.15, -0.1) is 0 Å². The van der Waals surface area contributed by atoms with Crippen molar-refractivity contribution in [2.75, 3.05) is 13.2 Å². The Hall–Kier alpha value is -2.16. The number of carbonyl (C=O) groups is 2. The number of rotatable bonds is 8. The maximum absolute atomic E-state index is 13.6. The number of ether oxygens (including phenoxy) is 1. The van der Waals surface area contributed by atoms with Crippen LogP contribution in [0.4, 0.5) is 17.6 Å². The Bertz CT molecular complexity index is 607. The van der Waals surface area contributed by atoms with Crippen LogP contribution in [0, 0.1) is 5.82 Å². The molecule has 1 atom stereocenters. The highest BCUT2D eigenvalue weighted by Crippen LogP contribution is 2.30. The third-order valence-electron chi connectivity index (χ3n) is 3.40. The van der Waals surface area contributed by atoms with Gasteiger partial charge >= 0.3 is 12.1 Å². The van der Waals surface area contributed by atoms with Crippen LogP contribution in [-0.4, -0.2) is 36.9 Å². The third kappa shape index (κ3) is 5.15. The van der Waals surface area contributed by atoms with E-state index in [2.05, 4.69) is 4.74 Å². The molecule has 1 rings (SSSR count). The molecule has 0 saturated heterocycles. The summed E-state index contributed by atoms with van der Waals surface area (Å²) in [5, 5.41) is 3.66. The molecule has 1 aromatic carbocycles. The Balaban J connectivity index is 3.05. The van der Waals surface area contributed by atoms with Crippen LogP contribution in [0.1, 0.15) is 25.8 Å². The molecule has 0 spiro atoms. The van der Waals surface area contributed by atoms with E-state index in [1.165, 1.54) is 32.0 Å². The number of alkyl halides is 3. The van der Waals surface area contributed by atoms with E-state index in [0.717, 1.165) is 0 Å². The van der Waals surface area contributed by atoms with Gasteiger partial charge in [-0.05, 0) is 25.0 Å². The first-order chi connectivity index (χ1) is 11.7. The van der Waals surface area contributed by atoms with E-state index in [4.69, 9.17) is 0 Å². The topological polar surface area (TPSA) is 67.4 Å². The smallest absolute Gasteiger partial charge is 0.436 e. The standard InChI is InChI=1S/C16H20F4N2O3/c1-3-13(23)22-15(16(18,19)20,14(24)25-4-2)21-10-9-11-7-5-6-8-12(11)17/h5-8,21H,3-4,9-10H2,1-2H3,(H,22,23)/t15-/m0/s1. The van der Waals surface area contributed by atoms with Gasteiger partial charge in [0.15, 0.2) is 0 Å². The largest absolute Gasteiger partial charge is 0.463 e. The van der Waals surface area contributed by atoms with Crippen LogP contribution >= 0.6 is 0 Å². The van der Waals surface area contributed by atoms with Gasteiger partial charge < -0.3 is 10.1 Å². The van der Waals surface area contributed by atoms with Gasteiger partial charge in [0, 0.05) is 13.0 Å². The second kappa shape index (κ2) is 8.80. The summed E-state index contributed by atoms with van der Waals surface area (Å²) >= 11 is 0. The zero-order valence-electron chi connectivity index (χ0n) is 13.9. The highest BCUT2D eigenvalue weighted by atomic mass is 19.4. The van der Waals surface area contributed by atoms with Crippen molar-refractivity contribution in [3.63, 3.8) is 0 Å². The van der Waals surface area contributed by atoms with Crippen molar-refractivity contribution in [2.24, 2.45) is 0 Å². The van der Waals surface area contributed by atoms with Crippen molar-refractivity contribution < 1.29 is 31.9 Å². The molecule has 0 aromatic heterocycles. The predicted molar refractivity (Wildman–Crippen MR) is 82.0 cm³/mol. The molecule has 0 radical (unpaired) electrons. The Morgan fingerprint density at radius 2 is 1.80 bits per heavy atom. The number of benzene rings is 1. The minimum absolute atomic E-state index is 0.119. The Morgan fingerprint density at radius 3 is 2.32 bits per heavy atom. The highest BCUT2D eigenvalue weighted by molar-refractivity contribution is 5.88. The highest BCUT2D eigenvalue weighted by Gasteiger charge is 2.62. The minimum atomic E-state index is -5.15. The fraction of sp³-hybridized carbons (Fsp3) is 0.500. The average molecular weight is 364 g/mol. The first-order valence-corrected chi connectivity index (χ1v) is 7.71. The molecule has 0 aliphatic carbocycles. The number of nitrogens with one attached hydrogen (secondary N) is 2. The summed E-state index contributed by atoms with van der Waals surface area (Å²) in [5.74, 6) is -3.22. The van der Waals surface area contributed by atoms with Gasteiger partial charge in [0.05, 0.1) is 6.61 Å². The van der Waals surface area contributed by atoms with Gasteiger partial charge in [-0.2, -0.15) is 13.2 Å². The van der Waals surface area contributed by atoms with E-state index in [9.17, 15) is 27.2 Å². The van der Waals surface area contributed by atoms with Crippen molar-refractivity contribution in [1.29, 1.82) is 0 Å². The van der Waals surface area contributed by atoms with E-state index in [1.807, 2.05) is 5.32 Å². The van der Waals surface area contributed by atoms with E-state index >= 15 is 0 Å². The van der Waals surface area contributed by atoms with Gasteiger partial charge in [0.25, 0.3) is 5.66 Å². The summed E-state index contributed by atoms with van der Waals surface area (Å²) in [5.41, 5.74) is -3.21. The van der Waals surface area contributed by atoms with E-state index in [0.29, 0.717) is 0 Å². The number of hydrogen-bond acceptors (Lipinski definition) is 4. The van der Waals surface area contributed by atoms with Crippen LogP contribution in [0.2, 0.25) is 0 Å². The lowest BCUT2D eigenvalue weighted by Crippen LogP contribution is -2.73. The van der Waals surface area contributed by atoms with Gasteiger partial charge in [0.2, 0.25) is 5.91 Å². The van der Waals surface area contributed by atoms with Crippen LogP contribution in [0.15, 0.2) is 24.3 Å². The Labute approximate surface area is 142 Å². The number of halogens is 4. The fourth-order valence-electron chi connectivity index (χ4n) is 2.08. The van der Waals surface area contributed by atoms with Crippen molar-refractivity contribution in [2.45, 2.75) is 38.5 Å². The second-order valence-electron chi connectivity index (χ2n) is 5.14. The van der Waals surface area contributed by atoms with Gasteiger partial charge in [-0.3, -0.25) is 10.1 Å². The summed E-state index contributed by atoms with van der Waals surface area (Å²) < 4.78 is 58.9. The quantitative estimate of drug-likeness (QED) is 0.422. The minimum Gasteiger partial charge on any atom is -0.463 e. The van der Waals surface area contributed by atoms with Crippen LogP contribution < -0.4 is 10.6 Å².